The Hall–Kier alpha value is -3.27. The van der Waals surface area contributed by atoms with E-state index >= 15 is 0 Å². The molecule has 2 aromatic heterocycles. The molecular formula is C24H27F2N7O. The topological polar surface area (TPSA) is 79.1 Å². The van der Waals surface area contributed by atoms with Gasteiger partial charge in [-0.25, -0.2) is 18.8 Å². The van der Waals surface area contributed by atoms with Crippen LogP contribution in [0.4, 0.5) is 31.8 Å². The first-order valence-corrected chi connectivity index (χ1v) is 11.8. The summed E-state index contributed by atoms with van der Waals surface area (Å²) in [5.74, 6) is 1.21. The highest BCUT2D eigenvalue weighted by Gasteiger charge is 2.27. The number of nitrogens with zero attached hydrogens (tertiary/aromatic N) is 5. The van der Waals surface area contributed by atoms with E-state index in [1.165, 1.54) is 12.1 Å². The number of aliphatic imine (C=N–C) groups is 1. The van der Waals surface area contributed by atoms with E-state index in [1.807, 2.05) is 24.0 Å². The van der Waals surface area contributed by atoms with Gasteiger partial charge in [-0.2, -0.15) is 9.61 Å². The van der Waals surface area contributed by atoms with Crippen molar-refractivity contribution in [2.75, 3.05) is 41.8 Å². The van der Waals surface area contributed by atoms with Crippen molar-refractivity contribution < 1.29 is 13.5 Å². The number of nitrogens with one attached hydrogen (secondary N) is 2. The maximum atomic E-state index is 13.9. The van der Waals surface area contributed by atoms with Gasteiger partial charge in [0.15, 0.2) is 5.65 Å². The van der Waals surface area contributed by atoms with Gasteiger partial charge in [-0.15, -0.1) is 0 Å². The number of benzene rings is 1. The van der Waals surface area contributed by atoms with Crippen molar-refractivity contribution in [2.45, 2.75) is 44.4 Å². The molecule has 0 spiro atoms. The van der Waals surface area contributed by atoms with Crippen molar-refractivity contribution in [1.29, 1.82) is 0 Å². The average molecular weight is 468 g/mol. The molecule has 0 aliphatic carbocycles. The zero-order valence-electron chi connectivity index (χ0n) is 19.0. The number of hydrogen-bond donors (Lipinski definition) is 2. The molecule has 10 heteroatoms. The molecule has 0 radical (unpaired) electrons. The summed E-state index contributed by atoms with van der Waals surface area (Å²) in [7, 11) is 0. The summed E-state index contributed by atoms with van der Waals surface area (Å²) in [5, 5.41) is 11.8. The Morgan fingerprint density at radius 1 is 1.15 bits per heavy atom. The van der Waals surface area contributed by atoms with E-state index in [4.69, 9.17) is 19.8 Å². The average Bonchev–Trinajstić information content (AvgIpc) is 3.46. The van der Waals surface area contributed by atoms with E-state index < -0.39 is 6.17 Å². The fourth-order valence-electron chi connectivity index (χ4n) is 4.85. The summed E-state index contributed by atoms with van der Waals surface area (Å²) in [5.41, 5.74) is 3.37. The van der Waals surface area contributed by atoms with Gasteiger partial charge in [0, 0.05) is 44.0 Å². The van der Waals surface area contributed by atoms with Gasteiger partial charge < -0.3 is 20.3 Å². The molecule has 2 atom stereocenters. The number of alkyl halides is 1. The van der Waals surface area contributed by atoms with Gasteiger partial charge in [-0.1, -0.05) is 0 Å². The minimum atomic E-state index is -0.839. The van der Waals surface area contributed by atoms with Crippen LogP contribution in [-0.4, -0.2) is 64.9 Å². The van der Waals surface area contributed by atoms with E-state index in [9.17, 15) is 8.78 Å². The normalized spacial score (nSPS) is 23.0. The third-order valence-electron chi connectivity index (χ3n) is 6.69. The molecule has 0 saturated carbocycles. The molecule has 178 valence electrons. The van der Waals surface area contributed by atoms with Gasteiger partial charge >= 0.3 is 0 Å². The van der Waals surface area contributed by atoms with Gasteiger partial charge in [-0.05, 0) is 38.3 Å². The molecule has 0 bridgehead atoms. The van der Waals surface area contributed by atoms with Gasteiger partial charge in [0.2, 0.25) is 0 Å². The molecule has 2 N–H and O–H groups in total. The molecule has 3 aromatic rings. The Morgan fingerprint density at radius 2 is 2.00 bits per heavy atom. The standard InChI is InChI=1S/C24H27F2N7O/c1-14-24(29-19-10-15(25)2-3-18(19)27-14)20-11-22-30-21(32-7-4-16(26)13-32)12-23(33(22)31-20)28-17-5-8-34-9-6-17/h2-3,10-12,14,16-17,27-28H,4-9,13H2,1H3. The third-order valence-corrected chi connectivity index (χ3v) is 6.69. The predicted octanol–water partition coefficient (Wildman–Crippen LogP) is 3.94. The Morgan fingerprint density at radius 3 is 2.79 bits per heavy atom. The van der Waals surface area contributed by atoms with Crippen molar-refractivity contribution in [3.8, 4) is 0 Å². The molecule has 34 heavy (non-hydrogen) atoms. The second-order valence-corrected chi connectivity index (χ2v) is 9.19. The first kappa shape index (κ1) is 21.3. The number of fused-ring (bicyclic) bond motifs is 2. The maximum Gasteiger partial charge on any atom is 0.160 e. The maximum absolute atomic E-state index is 13.9. The molecule has 6 rings (SSSR count). The number of ether oxygens (including phenoxy) is 1. The highest BCUT2D eigenvalue weighted by molar-refractivity contribution is 6.08. The molecular weight excluding hydrogens is 440 g/mol. The quantitative estimate of drug-likeness (QED) is 0.605. The largest absolute Gasteiger partial charge is 0.381 e. The monoisotopic (exact) mass is 467 g/mol. The molecule has 2 saturated heterocycles. The van der Waals surface area contributed by atoms with Gasteiger partial charge in [0.05, 0.1) is 29.7 Å². The lowest BCUT2D eigenvalue weighted by Crippen LogP contribution is -2.30. The van der Waals surface area contributed by atoms with E-state index in [1.54, 1.807) is 10.6 Å². The summed E-state index contributed by atoms with van der Waals surface area (Å²) in [6.45, 7) is 4.42. The summed E-state index contributed by atoms with van der Waals surface area (Å²) >= 11 is 0. The van der Waals surface area contributed by atoms with Crippen molar-refractivity contribution in [1.82, 2.24) is 14.6 Å². The zero-order valence-corrected chi connectivity index (χ0v) is 19.0. The predicted molar refractivity (Wildman–Crippen MR) is 128 cm³/mol. The lowest BCUT2D eigenvalue weighted by Gasteiger charge is -2.25. The van der Waals surface area contributed by atoms with Crippen LogP contribution in [0.2, 0.25) is 0 Å². The summed E-state index contributed by atoms with van der Waals surface area (Å²) in [6, 6.07) is 8.52. The van der Waals surface area contributed by atoms with Crippen LogP contribution in [0.1, 0.15) is 31.9 Å². The van der Waals surface area contributed by atoms with Crippen molar-refractivity contribution >= 4 is 34.4 Å². The Bertz CT molecular complexity index is 1250. The third kappa shape index (κ3) is 3.96. The first-order valence-electron chi connectivity index (χ1n) is 11.8. The van der Waals surface area contributed by atoms with Crippen molar-refractivity contribution in [2.24, 2.45) is 4.99 Å². The fourth-order valence-corrected chi connectivity index (χ4v) is 4.85. The second-order valence-electron chi connectivity index (χ2n) is 9.19. The molecule has 5 heterocycles. The lowest BCUT2D eigenvalue weighted by atomic mass is 10.1. The Labute approximate surface area is 196 Å². The minimum absolute atomic E-state index is 0.111. The molecule has 3 aliphatic rings. The van der Waals surface area contributed by atoms with Crippen LogP contribution in [0.15, 0.2) is 35.3 Å². The van der Waals surface area contributed by atoms with Crippen LogP contribution < -0.4 is 15.5 Å². The zero-order chi connectivity index (χ0) is 23.2. The van der Waals surface area contributed by atoms with E-state index in [0.29, 0.717) is 55.5 Å². The minimum Gasteiger partial charge on any atom is -0.381 e. The number of halogens is 2. The molecule has 2 fully saturated rings. The van der Waals surface area contributed by atoms with E-state index in [2.05, 4.69) is 10.6 Å². The smallest absolute Gasteiger partial charge is 0.160 e. The number of rotatable bonds is 4. The molecule has 3 aliphatic heterocycles. The molecule has 2 unspecified atom stereocenters. The molecule has 1 aromatic carbocycles. The Kier molecular flexibility index (Phi) is 5.32. The molecule has 8 nitrogen and oxygen atoms in total. The number of anilines is 3. The SMILES string of the molecule is CC1Nc2ccc(F)cc2N=C1c1cc2nc(N3CCC(F)C3)cc(NC3CCOCC3)n2n1. The van der Waals surface area contributed by atoms with Gasteiger partial charge in [0.1, 0.15) is 29.3 Å². The number of aromatic nitrogens is 3. The van der Waals surface area contributed by atoms with E-state index in [0.717, 1.165) is 30.2 Å². The van der Waals surface area contributed by atoms with Crippen molar-refractivity contribution in [3.05, 3.63) is 41.8 Å². The summed E-state index contributed by atoms with van der Waals surface area (Å²) in [6.07, 6.45) is 1.48. The highest BCUT2D eigenvalue weighted by atomic mass is 19.1. The highest BCUT2D eigenvalue weighted by Crippen LogP contribution is 2.32. The van der Waals surface area contributed by atoms with Gasteiger partial charge in [0.25, 0.3) is 0 Å². The van der Waals surface area contributed by atoms with Crippen LogP contribution in [0.5, 0.6) is 0 Å². The summed E-state index contributed by atoms with van der Waals surface area (Å²) in [4.78, 5) is 11.5. The lowest BCUT2D eigenvalue weighted by molar-refractivity contribution is 0.0903. The first-order chi connectivity index (χ1) is 16.5. The Balaban J connectivity index is 1.42. The van der Waals surface area contributed by atoms with Crippen LogP contribution in [0.25, 0.3) is 5.65 Å². The fraction of sp³-hybridized carbons (Fsp3) is 0.458. The summed E-state index contributed by atoms with van der Waals surface area (Å²) < 4.78 is 35.0. The van der Waals surface area contributed by atoms with Crippen LogP contribution in [0.3, 0.4) is 0 Å². The van der Waals surface area contributed by atoms with Crippen LogP contribution in [0, 0.1) is 5.82 Å². The van der Waals surface area contributed by atoms with Crippen LogP contribution in [-0.2, 0) is 4.74 Å². The van der Waals surface area contributed by atoms with Crippen LogP contribution >= 0.6 is 0 Å². The number of hydrogen-bond acceptors (Lipinski definition) is 7. The van der Waals surface area contributed by atoms with Crippen molar-refractivity contribution in [3.63, 3.8) is 0 Å². The molecule has 0 amide bonds. The van der Waals surface area contributed by atoms with E-state index in [-0.39, 0.29) is 17.9 Å². The second kappa shape index (κ2) is 8.50. The van der Waals surface area contributed by atoms with Gasteiger partial charge in [-0.3, -0.25) is 0 Å².